The fourth-order valence-corrected chi connectivity index (χ4v) is 2.37. The standard InChI is InChI=1S/C8H14.2ClH.Ru/c1-3-5-7-8-6-4-2;;;/h1,4,6H,3,5,7-8H2,2H3;2*1H;/q;;;+2/p-2/b6-4+;;;. The molecule has 0 spiro atoms. The molecule has 0 aliphatic heterocycles. The Morgan fingerprint density at radius 1 is 1.18 bits per heavy atom. The normalized spacial score (nSPS) is 12.1. The quantitative estimate of drug-likeness (QED) is 0.408. The maximum absolute atomic E-state index is 5.66. The number of allylic oxidation sites excluding steroid dienone is 2. The summed E-state index contributed by atoms with van der Waals surface area (Å²) in [6.07, 6.45) is 9.01. The average Bonchev–Trinajstić information content (AvgIpc) is 1.96. The van der Waals surface area contributed by atoms with Crippen LogP contribution in [0.25, 0.3) is 0 Å². The van der Waals surface area contributed by atoms with Crippen LogP contribution in [-0.4, -0.2) is 4.61 Å². The van der Waals surface area contributed by atoms with E-state index in [1.807, 2.05) is 6.92 Å². The molecule has 0 radical (unpaired) electrons. The third-order valence-corrected chi connectivity index (χ3v) is 3.60. The molecule has 0 aromatic rings. The molecule has 0 aliphatic rings. The van der Waals surface area contributed by atoms with Crippen LogP contribution < -0.4 is 0 Å². The van der Waals surface area contributed by atoms with E-state index >= 15 is 0 Å². The number of hydrogen-bond donors (Lipinski definition) is 0. The van der Waals surface area contributed by atoms with Crippen LogP contribution >= 0.6 is 19.4 Å². The SMILES string of the molecule is C/C=C/CCCC[CH]=[Ru]([Cl])[Cl]. The molecule has 0 aromatic heterocycles. The first-order valence-electron chi connectivity index (χ1n) is 3.70. The zero-order chi connectivity index (χ0) is 8.53. The Morgan fingerprint density at radius 2 is 1.82 bits per heavy atom. The van der Waals surface area contributed by atoms with Gasteiger partial charge in [-0.3, -0.25) is 0 Å². The summed E-state index contributed by atoms with van der Waals surface area (Å²) in [6, 6.07) is 0. The van der Waals surface area contributed by atoms with Crippen molar-refractivity contribution in [3.05, 3.63) is 12.2 Å². The van der Waals surface area contributed by atoms with Crippen LogP contribution in [0.4, 0.5) is 0 Å². The monoisotopic (exact) mass is 282 g/mol. The number of hydrogen-bond acceptors (Lipinski definition) is 0. The Kier molecular flexibility index (Phi) is 9.56. The molecule has 0 aliphatic carbocycles. The van der Waals surface area contributed by atoms with Gasteiger partial charge < -0.3 is 0 Å². The summed E-state index contributed by atoms with van der Waals surface area (Å²) in [6.45, 7) is 2.05. The van der Waals surface area contributed by atoms with Gasteiger partial charge in [-0.25, -0.2) is 0 Å². The first-order chi connectivity index (χ1) is 5.27. The Hall–Kier alpha value is 0.813. The molecule has 0 nitrogen and oxygen atoms in total. The van der Waals surface area contributed by atoms with E-state index < -0.39 is 13.5 Å². The summed E-state index contributed by atoms with van der Waals surface area (Å²) < 4.78 is 2.07. The third kappa shape index (κ3) is 10.8. The Balaban J connectivity index is 3.09. The molecule has 0 fully saturated rings. The van der Waals surface area contributed by atoms with E-state index in [0.29, 0.717) is 0 Å². The van der Waals surface area contributed by atoms with Crippen molar-refractivity contribution < 1.29 is 13.5 Å². The molecule has 0 N–H and O–H groups in total. The van der Waals surface area contributed by atoms with Crippen molar-refractivity contribution in [1.29, 1.82) is 0 Å². The van der Waals surface area contributed by atoms with Gasteiger partial charge in [0.15, 0.2) is 0 Å². The summed E-state index contributed by atoms with van der Waals surface area (Å²) in [7, 11) is 11.3. The fourth-order valence-electron chi connectivity index (χ4n) is 0.723. The van der Waals surface area contributed by atoms with Crippen molar-refractivity contribution in [3.8, 4) is 0 Å². The molecule has 11 heavy (non-hydrogen) atoms. The van der Waals surface area contributed by atoms with Gasteiger partial charge in [-0.2, -0.15) is 0 Å². The van der Waals surface area contributed by atoms with Crippen molar-refractivity contribution in [3.63, 3.8) is 0 Å². The van der Waals surface area contributed by atoms with Crippen LogP contribution in [0.2, 0.25) is 0 Å². The summed E-state index contributed by atoms with van der Waals surface area (Å²) in [5, 5.41) is 0. The molecular formula is C8H14Cl2Ru. The van der Waals surface area contributed by atoms with Crippen molar-refractivity contribution in [2.75, 3.05) is 0 Å². The van der Waals surface area contributed by atoms with Crippen molar-refractivity contribution in [1.82, 2.24) is 0 Å². The molecule has 0 bridgehead atoms. The maximum atomic E-state index is 5.66. The first kappa shape index (κ1) is 11.8. The van der Waals surface area contributed by atoms with Crippen molar-refractivity contribution in [2.24, 2.45) is 0 Å². The van der Waals surface area contributed by atoms with E-state index in [1.165, 1.54) is 19.3 Å². The van der Waals surface area contributed by atoms with E-state index in [1.54, 1.807) is 0 Å². The number of rotatable bonds is 5. The second-order valence-electron chi connectivity index (χ2n) is 2.20. The van der Waals surface area contributed by atoms with Crippen LogP contribution in [0.5, 0.6) is 0 Å². The van der Waals surface area contributed by atoms with Crippen LogP contribution in [-0.2, 0) is 13.5 Å². The molecule has 3 heteroatoms. The molecule has 0 heterocycles. The van der Waals surface area contributed by atoms with Gasteiger partial charge in [0.1, 0.15) is 0 Å². The number of halogens is 2. The minimum atomic E-state index is -1.46. The van der Waals surface area contributed by atoms with Crippen molar-refractivity contribution in [2.45, 2.75) is 32.6 Å². The first-order valence-corrected chi connectivity index (χ1v) is 9.18. The molecule has 0 saturated carbocycles. The molecule has 0 unspecified atom stereocenters. The van der Waals surface area contributed by atoms with E-state index in [4.69, 9.17) is 19.4 Å². The van der Waals surface area contributed by atoms with E-state index in [9.17, 15) is 0 Å². The van der Waals surface area contributed by atoms with Gasteiger partial charge in [0.2, 0.25) is 0 Å². The fraction of sp³-hybridized carbons (Fsp3) is 0.625. The van der Waals surface area contributed by atoms with E-state index in [0.717, 1.165) is 6.42 Å². The van der Waals surface area contributed by atoms with E-state index in [2.05, 4.69) is 16.8 Å². The van der Waals surface area contributed by atoms with E-state index in [-0.39, 0.29) is 0 Å². The second-order valence-corrected chi connectivity index (χ2v) is 8.14. The minimum absolute atomic E-state index is 1.09. The van der Waals surface area contributed by atoms with Crippen molar-refractivity contribution >= 4 is 24.0 Å². The summed E-state index contributed by atoms with van der Waals surface area (Å²) in [5.41, 5.74) is 0. The molecule has 68 valence electrons. The Morgan fingerprint density at radius 3 is 2.36 bits per heavy atom. The summed E-state index contributed by atoms with van der Waals surface area (Å²) in [4.78, 5) is 0. The Labute approximate surface area is 82.1 Å². The molecule has 0 saturated heterocycles. The average molecular weight is 282 g/mol. The second kappa shape index (κ2) is 8.91. The zero-order valence-electron chi connectivity index (χ0n) is 6.67. The predicted octanol–water partition coefficient (Wildman–Crippen LogP) is 3.85. The molecule has 0 atom stereocenters. The number of unbranched alkanes of at least 4 members (excludes halogenated alkanes) is 3. The van der Waals surface area contributed by atoms with Crippen LogP contribution in [0.1, 0.15) is 32.6 Å². The van der Waals surface area contributed by atoms with Gasteiger partial charge in [-0.15, -0.1) is 0 Å². The zero-order valence-corrected chi connectivity index (χ0v) is 9.92. The molecule has 0 aromatic carbocycles. The molecular weight excluding hydrogens is 268 g/mol. The van der Waals surface area contributed by atoms with Crippen LogP contribution in [0, 0.1) is 0 Å². The predicted molar refractivity (Wildman–Crippen MR) is 51.1 cm³/mol. The van der Waals surface area contributed by atoms with Gasteiger partial charge in [0, 0.05) is 0 Å². The Bertz CT molecular complexity index is 137. The van der Waals surface area contributed by atoms with Gasteiger partial charge in [0.25, 0.3) is 0 Å². The molecule has 0 rings (SSSR count). The van der Waals surface area contributed by atoms with Crippen LogP contribution in [0.3, 0.4) is 0 Å². The molecule has 0 amide bonds. The van der Waals surface area contributed by atoms with Gasteiger partial charge in [-0.1, -0.05) is 0 Å². The topological polar surface area (TPSA) is 0 Å². The van der Waals surface area contributed by atoms with Gasteiger partial charge in [0.05, 0.1) is 0 Å². The third-order valence-electron chi connectivity index (χ3n) is 1.27. The van der Waals surface area contributed by atoms with Crippen LogP contribution in [0.15, 0.2) is 12.2 Å². The van der Waals surface area contributed by atoms with Gasteiger partial charge >= 0.3 is 82.3 Å². The summed E-state index contributed by atoms with van der Waals surface area (Å²) in [5.74, 6) is 0. The van der Waals surface area contributed by atoms with Gasteiger partial charge in [-0.05, 0) is 0 Å². The summed E-state index contributed by atoms with van der Waals surface area (Å²) >= 11 is -1.46.